The van der Waals surface area contributed by atoms with E-state index in [0.717, 1.165) is 54.7 Å². The Morgan fingerprint density at radius 2 is 1.61 bits per heavy atom. The predicted molar refractivity (Wildman–Crippen MR) is 124 cm³/mol. The second-order valence-electron chi connectivity index (χ2n) is 7.84. The van der Waals surface area contributed by atoms with Gasteiger partial charge in [0.2, 0.25) is 0 Å². The summed E-state index contributed by atoms with van der Waals surface area (Å²) in [5, 5.41) is 2.02. The Hall–Kier alpha value is -2.83. The van der Waals surface area contributed by atoms with Crippen molar-refractivity contribution in [3.63, 3.8) is 0 Å². The molecule has 1 fully saturated rings. The van der Waals surface area contributed by atoms with Crippen molar-refractivity contribution in [2.45, 2.75) is 20.1 Å². The molecule has 1 amide bonds. The number of piperazine rings is 1. The first-order chi connectivity index (χ1) is 15.1. The number of methoxy groups -OCH3 is 1. The van der Waals surface area contributed by atoms with Crippen molar-refractivity contribution in [1.29, 1.82) is 0 Å². The van der Waals surface area contributed by atoms with Gasteiger partial charge in [-0.1, -0.05) is 29.8 Å². The van der Waals surface area contributed by atoms with Crippen LogP contribution in [0.5, 0.6) is 11.5 Å². The van der Waals surface area contributed by atoms with E-state index in [4.69, 9.17) is 9.47 Å². The molecule has 0 saturated carbocycles. The fraction of sp³-hybridized carbons (Fsp3) is 0.320. The van der Waals surface area contributed by atoms with E-state index in [1.807, 2.05) is 52.7 Å². The first-order valence-electron chi connectivity index (χ1n) is 10.5. The number of benzene rings is 2. The van der Waals surface area contributed by atoms with Crippen LogP contribution < -0.4 is 9.47 Å². The highest BCUT2D eigenvalue weighted by molar-refractivity contribution is 7.12. The molecule has 6 heteroatoms. The minimum absolute atomic E-state index is 0.121. The minimum Gasteiger partial charge on any atom is -0.497 e. The van der Waals surface area contributed by atoms with Gasteiger partial charge in [-0.05, 0) is 48.2 Å². The number of nitrogens with zero attached hydrogens (tertiary/aromatic N) is 2. The average Bonchev–Trinajstić information content (AvgIpc) is 3.28. The smallest absolute Gasteiger partial charge is 0.264 e. The van der Waals surface area contributed by atoms with E-state index in [1.165, 1.54) is 22.5 Å². The quantitative estimate of drug-likeness (QED) is 0.543. The number of aryl methyl sites for hydroxylation is 1. The fourth-order valence-electron chi connectivity index (χ4n) is 3.62. The normalized spacial score (nSPS) is 14.5. The average molecular weight is 437 g/mol. The van der Waals surface area contributed by atoms with Crippen LogP contribution in [0.3, 0.4) is 0 Å². The lowest BCUT2D eigenvalue weighted by Gasteiger charge is -2.34. The highest BCUT2D eigenvalue weighted by Crippen LogP contribution is 2.21. The molecular formula is C25H28N2O3S. The predicted octanol–water partition coefficient (Wildman–Crippen LogP) is 4.60. The summed E-state index contributed by atoms with van der Waals surface area (Å²) in [6.45, 7) is 6.69. The Morgan fingerprint density at radius 1 is 0.935 bits per heavy atom. The van der Waals surface area contributed by atoms with Gasteiger partial charge in [0.15, 0.2) is 0 Å². The summed E-state index contributed by atoms with van der Waals surface area (Å²) in [5.41, 5.74) is 3.50. The number of carbonyl (C=O) groups is 1. The zero-order valence-electron chi connectivity index (χ0n) is 18.0. The molecule has 5 nitrogen and oxygen atoms in total. The Bertz CT molecular complexity index is 990. The van der Waals surface area contributed by atoms with Gasteiger partial charge < -0.3 is 14.4 Å². The van der Waals surface area contributed by atoms with E-state index in [2.05, 4.69) is 24.0 Å². The summed E-state index contributed by atoms with van der Waals surface area (Å²) < 4.78 is 11.1. The Kier molecular flexibility index (Phi) is 6.89. The minimum atomic E-state index is 0.121. The molecule has 1 aromatic heterocycles. The number of rotatable bonds is 7. The molecule has 0 radical (unpaired) electrons. The van der Waals surface area contributed by atoms with E-state index in [-0.39, 0.29) is 5.91 Å². The van der Waals surface area contributed by atoms with Crippen LogP contribution in [0.15, 0.2) is 60.0 Å². The molecule has 0 N–H and O–H groups in total. The lowest BCUT2D eigenvalue weighted by molar-refractivity contribution is 0.0633. The highest BCUT2D eigenvalue weighted by atomic mass is 32.1. The number of ether oxygens (including phenoxy) is 2. The molecular weight excluding hydrogens is 408 g/mol. The topological polar surface area (TPSA) is 42.0 Å². The molecule has 0 spiro atoms. The lowest BCUT2D eigenvalue weighted by Crippen LogP contribution is -2.48. The Morgan fingerprint density at radius 3 is 2.29 bits per heavy atom. The molecule has 1 saturated heterocycles. The number of carbonyl (C=O) groups excluding carboxylic acids is 1. The third-order valence-electron chi connectivity index (χ3n) is 5.52. The van der Waals surface area contributed by atoms with Crippen molar-refractivity contribution in [3.05, 3.63) is 81.5 Å². The highest BCUT2D eigenvalue weighted by Gasteiger charge is 2.23. The van der Waals surface area contributed by atoms with Gasteiger partial charge in [-0.2, -0.15) is 0 Å². The SMILES string of the molecule is COc1ccc(CN2CCN(C(=O)c3cc(COc4ccc(C)cc4)cs3)CC2)cc1. The van der Waals surface area contributed by atoms with E-state index >= 15 is 0 Å². The van der Waals surface area contributed by atoms with Crippen molar-refractivity contribution in [3.8, 4) is 11.5 Å². The molecule has 31 heavy (non-hydrogen) atoms. The van der Waals surface area contributed by atoms with Gasteiger partial charge in [-0.15, -0.1) is 11.3 Å². The van der Waals surface area contributed by atoms with E-state index in [0.29, 0.717) is 6.61 Å². The Labute approximate surface area is 187 Å². The second kappa shape index (κ2) is 9.98. The van der Waals surface area contributed by atoms with Crippen LogP contribution in [0.25, 0.3) is 0 Å². The Balaban J connectivity index is 1.26. The van der Waals surface area contributed by atoms with Gasteiger partial charge >= 0.3 is 0 Å². The monoisotopic (exact) mass is 436 g/mol. The van der Waals surface area contributed by atoms with E-state index < -0.39 is 0 Å². The van der Waals surface area contributed by atoms with Crippen LogP contribution in [0, 0.1) is 6.92 Å². The first kappa shape index (κ1) is 21.4. The number of hydrogen-bond donors (Lipinski definition) is 0. The molecule has 162 valence electrons. The van der Waals surface area contributed by atoms with Crippen LogP contribution in [-0.2, 0) is 13.2 Å². The zero-order chi connectivity index (χ0) is 21.6. The van der Waals surface area contributed by atoms with Crippen molar-refractivity contribution < 1.29 is 14.3 Å². The maximum Gasteiger partial charge on any atom is 0.264 e. The van der Waals surface area contributed by atoms with Gasteiger partial charge in [-0.3, -0.25) is 9.69 Å². The van der Waals surface area contributed by atoms with Crippen LogP contribution >= 0.6 is 11.3 Å². The molecule has 0 atom stereocenters. The zero-order valence-corrected chi connectivity index (χ0v) is 18.9. The van der Waals surface area contributed by atoms with Crippen LogP contribution in [-0.4, -0.2) is 49.0 Å². The maximum atomic E-state index is 12.9. The van der Waals surface area contributed by atoms with Crippen LogP contribution in [0.4, 0.5) is 0 Å². The van der Waals surface area contributed by atoms with Crippen molar-refractivity contribution >= 4 is 17.2 Å². The summed E-state index contributed by atoms with van der Waals surface area (Å²) in [5.74, 6) is 1.84. The molecule has 1 aliphatic heterocycles. The summed E-state index contributed by atoms with van der Waals surface area (Å²) in [4.78, 5) is 18.1. The van der Waals surface area contributed by atoms with Gasteiger partial charge in [0, 0.05) is 38.3 Å². The van der Waals surface area contributed by atoms with E-state index in [1.54, 1.807) is 7.11 Å². The van der Waals surface area contributed by atoms with Crippen molar-refractivity contribution in [1.82, 2.24) is 9.80 Å². The van der Waals surface area contributed by atoms with Crippen molar-refractivity contribution in [2.24, 2.45) is 0 Å². The van der Waals surface area contributed by atoms with Gasteiger partial charge in [0.1, 0.15) is 18.1 Å². The third-order valence-corrected chi connectivity index (χ3v) is 6.48. The summed E-state index contributed by atoms with van der Waals surface area (Å²) in [6, 6.07) is 18.2. The molecule has 0 unspecified atom stereocenters. The molecule has 1 aliphatic rings. The standard InChI is InChI=1S/C25H28N2O3S/c1-19-3-7-23(8-4-19)30-17-21-15-24(31-18-21)25(28)27-13-11-26(12-14-27)16-20-5-9-22(29-2)10-6-20/h3-10,15,18H,11-14,16-17H2,1-2H3. The molecule has 2 aromatic carbocycles. The second-order valence-corrected chi connectivity index (χ2v) is 8.75. The summed E-state index contributed by atoms with van der Waals surface area (Å²) in [7, 11) is 1.68. The summed E-state index contributed by atoms with van der Waals surface area (Å²) >= 11 is 1.50. The molecule has 2 heterocycles. The molecule has 0 bridgehead atoms. The maximum absolute atomic E-state index is 12.9. The lowest BCUT2D eigenvalue weighted by atomic mass is 10.2. The number of amides is 1. The first-order valence-corrected chi connectivity index (χ1v) is 11.4. The van der Waals surface area contributed by atoms with Crippen LogP contribution in [0.1, 0.15) is 26.4 Å². The third kappa shape index (κ3) is 5.66. The molecule has 3 aromatic rings. The van der Waals surface area contributed by atoms with Crippen molar-refractivity contribution in [2.75, 3.05) is 33.3 Å². The van der Waals surface area contributed by atoms with E-state index in [9.17, 15) is 4.79 Å². The van der Waals surface area contributed by atoms with Gasteiger partial charge in [0.25, 0.3) is 5.91 Å². The van der Waals surface area contributed by atoms with Crippen LogP contribution in [0.2, 0.25) is 0 Å². The molecule has 0 aliphatic carbocycles. The summed E-state index contributed by atoms with van der Waals surface area (Å²) in [6.07, 6.45) is 0. The molecule has 4 rings (SSSR count). The fourth-order valence-corrected chi connectivity index (χ4v) is 4.48. The number of thiophene rings is 1. The van der Waals surface area contributed by atoms with Gasteiger partial charge in [0.05, 0.1) is 12.0 Å². The number of hydrogen-bond acceptors (Lipinski definition) is 5. The largest absolute Gasteiger partial charge is 0.497 e. The van der Waals surface area contributed by atoms with Gasteiger partial charge in [-0.25, -0.2) is 0 Å².